The highest BCUT2D eigenvalue weighted by Crippen LogP contribution is 2.30. The van der Waals surface area contributed by atoms with Crippen LogP contribution in [0, 0.1) is 6.92 Å². The molecule has 0 unspecified atom stereocenters. The first-order valence-corrected chi connectivity index (χ1v) is 8.42. The quantitative estimate of drug-likeness (QED) is 0.917. The van der Waals surface area contributed by atoms with Crippen molar-refractivity contribution in [3.63, 3.8) is 0 Å². The minimum atomic E-state index is -0.0732. The maximum absolute atomic E-state index is 12.6. The van der Waals surface area contributed by atoms with Gasteiger partial charge in [-0.25, -0.2) is 4.98 Å². The number of ether oxygens (including phenoxy) is 2. The van der Waals surface area contributed by atoms with Crippen molar-refractivity contribution < 1.29 is 14.3 Å². The predicted octanol–water partition coefficient (Wildman–Crippen LogP) is 2.10. The Kier molecular flexibility index (Phi) is 3.88. The fourth-order valence-electron chi connectivity index (χ4n) is 3.28. The smallest absolute Gasteiger partial charge is 0.251 e. The summed E-state index contributed by atoms with van der Waals surface area (Å²) in [5.74, 6) is 2.39. The molecular formula is C18H21N3O3. The highest BCUT2D eigenvalue weighted by molar-refractivity contribution is 5.95. The second-order valence-corrected chi connectivity index (χ2v) is 6.37. The van der Waals surface area contributed by atoms with Gasteiger partial charge in [-0.05, 0) is 31.5 Å². The van der Waals surface area contributed by atoms with Gasteiger partial charge in [0.2, 0.25) is 0 Å². The molecule has 1 atom stereocenters. The monoisotopic (exact) mass is 327 g/mol. The Morgan fingerprint density at radius 3 is 3.00 bits per heavy atom. The zero-order valence-corrected chi connectivity index (χ0v) is 13.7. The molecule has 3 heterocycles. The topological polar surface area (TPSA) is 65.4 Å². The average molecular weight is 327 g/mol. The first-order valence-electron chi connectivity index (χ1n) is 8.42. The minimum absolute atomic E-state index is 0.0732. The molecule has 4 rings (SSSR count). The number of nitrogens with zero attached hydrogens (tertiary/aromatic N) is 2. The van der Waals surface area contributed by atoms with E-state index in [2.05, 4.69) is 14.9 Å². The van der Waals surface area contributed by atoms with Gasteiger partial charge in [-0.3, -0.25) is 4.79 Å². The molecule has 1 aromatic heterocycles. The molecule has 0 radical (unpaired) electrons. The molecule has 2 aliphatic rings. The normalized spacial score (nSPS) is 19.3. The van der Waals surface area contributed by atoms with Crippen LogP contribution in [0.15, 0.2) is 24.4 Å². The first kappa shape index (κ1) is 15.1. The van der Waals surface area contributed by atoms with Crippen molar-refractivity contribution in [2.24, 2.45) is 0 Å². The zero-order valence-electron chi connectivity index (χ0n) is 13.7. The van der Waals surface area contributed by atoms with Crippen molar-refractivity contribution >= 4 is 5.91 Å². The number of imidazole rings is 1. The molecule has 2 aliphatic heterocycles. The molecular weight excluding hydrogens is 306 g/mol. The largest absolute Gasteiger partial charge is 0.490 e. The van der Waals surface area contributed by atoms with E-state index in [1.54, 1.807) is 12.1 Å². The number of fused-ring (bicyclic) bond motifs is 2. The van der Waals surface area contributed by atoms with Crippen LogP contribution in [0.1, 0.15) is 34.7 Å². The molecule has 6 heteroatoms. The summed E-state index contributed by atoms with van der Waals surface area (Å²) in [6.45, 7) is 4.03. The average Bonchev–Trinajstić information content (AvgIpc) is 2.79. The van der Waals surface area contributed by atoms with Crippen molar-refractivity contribution in [1.82, 2.24) is 14.9 Å². The van der Waals surface area contributed by atoms with Crippen LogP contribution in [0.25, 0.3) is 0 Å². The number of carbonyl (C=O) groups is 1. The summed E-state index contributed by atoms with van der Waals surface area (Å²) < 4.78 is 13.4. The first-order chi connectivity index (χ1) is 11.7. The Labute approximate surface area is 140 Å². The van der Waals surface area contributed by atoms with Crippen molar-refractivity contribution in [2.75, 3.05) is 13.2 Å². The second kappa shape index (κ2) is 6.19. The summed E-state index contributed by atoms with van der Waals surface area (Å²) in [6, 6.07) is 5.49. The highest BCUT2D eigenvalue weighted by Gasteiger charge is 2.22. The molecule has 0 bridgehead atoms. The van der Waals surface area contributed by atoms with E-state index in [1.807, 2.05) is 19.2 Å². The van der Waals surface area contributed by atoms with Crippen LogP contribution in [0.2, 0.25) is 0 Å². The number of benzene rings is 1. The summed E-state index contributed by atoms with van der Waals surface area (Å²) >= 11 is 0. The van der Waals surface area contributed by atoms with Crippen molar-refractivity contribution in [3.05, 3.63) is 41.5 Å². The number of amides is 1. The number of hydrogen-bond donors (Lipinski definition) is 1. The number of aryl methyl sites for hydroxylation is 2. The van der Waals surface area contributed by atoms with Gasteiger partial charge in [0.25, 0.3) is 5.91 Å². The molecule has 0 saturated heterocycles. The summed E-state index contributed by atoms with van der Waals surface area (Å²) in [7, 11) is 0. The fraction of sp³-hybridized carbons (Fsp3) is 0.444. The van der Waals surface area contributed by atoms with Gasteiger partial charge in [0.1, 0.15) is 5.82 Å². The van der Waals surface area contributed by atoms with E-state index in [0.29, 0.717) is 30.3 Å². The standard InChI is InChI=1S/C18H21N3O3/c1-12-10-21-11-14(4-6-17(21)19-12)20-18(22)13-3-5-15-16(9-13)24-8-2-7-23-15/h3,5,9-10,14H,2,4,6-8,11H2,1H3,(H,20,22)/t14-/m0/s1. The minimum Gasteiger partial charge on any atom is -0.490 e. The van der Waals surface area contributed by atoms with Crippen LogP contribution in [-0.2, 0) is 13.0 Å². The lowest BCUT2D eigenvalue weighted by molar-refractivity contribution is 0.0927. The highest BCUT2D eigenvalue weighted by atomic mass is 16.5. The van der Waals surface area contributed by atoms with Crippen LogP contribution in [0.4, 0.5) is 0 Å². The van der Waals surface area contributed by atoms with Crippen LogP contribution in [0.3, 0.4) is 0 Å². The van der Waals surface area contributed by atoms with Crippen molar-refractivity contribution in [2.45, 2.75) is 38.8 Å². The number of hydrogen-bond acceptors (Lipinski definition) is 4. The SMILES string of the molecule is Cc1cn2c(n1)CC[C@H](NC(=O)c1ccc3c(c1)OCCCO3)C2. The second-order valence-electron chi connectivity index (χ2n) is 6.37. The number of carbonyl (C=O) groups excluding carboxylic acids is 1. The number of rotatable bonds is 2. The Bertz CT molecular complexity index is 769. The molecule has 0 spiro atoms. The lowest BCUT2D eigenvalue weighted by Crippen LogP contribution is -2.40. The molecule has 0 saturated carbocycles. The summed E-state index contributed by atoms with van der Waals surface area (Å²) in [6.07, 6.45) is 4.69. The molecule has 0 fully saturated rings. The Hall–Kier alpha value is -2.50. The Balaban J connectivity index is 1.46. The zero-order chi connectivity index (χ0) is 16.5. The third-order valence-electron chi connectivity index (χ3n) is 4.46. The molecule has 0 aliphatic carbocycles. The molecule has 24 heavy (non-hydrogen) atoms. The third kappa shape index (κ3) is 2.96. The third-order valence-corrected chi connectivity index (χ3v) is 4.46. The van der Waals surface area contributed by atoms with E-state index in [9.17, 15) is 4.79 Å². The summed E-state index contributed by atoms with van der Waals surface area (Å²) in [4.78, 5) is 17.1. The van der Waals surface area contributed by atoms with E-state index >= 15 is 0 Å². The van der Waals surface area contributed by atoms with Gasteiger partial charge in [0.15, 0.2) is 11.5 Å². The van der Waals surface area contributed by atoms with Gasteiger partial charge in [0, 0.05) is 37.2 Å². The molecule has 126 valence electrons. The molecule has 1 aromatic carbocycles. The van der Waals surface area contributed by atoms with Crippen molar-refractivity contribution in [3.8, 4) is 11.5 Å². The van der Waals surface area contributed by atoms with Gasteiger partial charge >= 0.3 is 0 Å². The van der Waals surface area contributed by atoms with Gasteiger partial charge in [-0.2, -0.15) is 0 Å². The van der Waals surface area contributed by atoms with Gasteiger partial charge in [-0.15, -0.1) is 0 Å². The van der Waals surface area contributed by atoms with Gasteiger partial charge in [0.05, 0.1) is 18.9 Å². The van der Waals surface area contributed by atoms with E-state index in [1.165, 1.54) is 0 Å². The lowest BCUT2D eigenvalue weighted by atomic mass is 10.1. The summed E-state index contributed by atoms with van der Waals surface area (Å²) in [5.41, 5.74) is 1.63. The van der Waals surface area contributed by atoms with Gasteiger partial charge < -0.3 is 19.4 Å². The van der Waals surface area contributed by atoms with Crippen LogP contribution < -0.4 is 14.8 Å². The van der Waals surface area contributed by atoms with E-state index < -0.39 is 0 Å². The van der Waals surface area contributed by atoms with E-state index in [-0.39, 0.29) is 11.9 Å². The Morgan fingerprint density at radius 1 is 1.29 bits per heavy atom. The fourth-order valence-corrected chi connectivity index (χ4v) is 3.28. The van der Waals surface area contributed by atoms with Crippen LogP contribution >= 0.6 is 0 Å². The predicted molar refractivity (Wildman–Crippen MR) is 88.6 cm³/mol. The number of aromatic nitrogens is 2. The van der Waals surface area contributed by atoms with Crippen molar-refractivity contribution in [1.29, 1.82) is 0 Å². The van der Waals surface area contributed by atoms with Gasteiger partial charge in [-0.1, -0.05) is 0 Å². The van der Waals surface area contributed by atoms with Crippen LogP contribution in [0.5, 0.6) is 11.5 Å². The van der Waals surface area contributed by atoms with E-state index in [0.717, 1.165) is 37.3 Å². The maximum atomic E-state index is 12.6. The molecule has 1 N–H and O–H groups in total. The van der Waals surface area contributed by atoms with E-state index in [4.69, 9.17) is 9.47 Å². The maximum Gasteiger partial charge on any atom is 0.251 e. The molecule has 6 nitrogen and oxygen atoms in total. The van der Waals surface area contributed by atoms with Crippen LogP contribution in [-0.4, -0.2) is 34.7 Å². The lowest BCUT2D eigenvalue weighted by Gasteiger charge is -2.24. The molecule has 1 amide bonds. The Morgan fingerprint density at radius 2 is 2.12 bits per heavy atom. The molecule has 2 aromatic rings. The number of nitrogens with one attached hydrogen (secondary N) is 1. The summed E-state index contributed by atoms with van der Waals surface area (Å²) in [5, 5.41) is 3.12.